The van der Waals surface area contributed by atoms with Gasteiger partial charge in [0.1, 0.15) is 10.8 Å². The summed E-state index contributed by atoms with van der Waals surface area (Å²) in [6.45, 7) is 1.68. The highest BCUT2D eigenvalue weighted by Crippen LogP contribution is 2.38. The van der Waals surface area contributed by atoms with Gasteiger partial charge >= 0.3 is 5.97 Å². The fourth-order valence-corrected chi connectivity index (χ4v) is 4.64. The van der Waals surface area contributed by atoms with Crippen LogP contribution in [0.1, 0.15) is 40.6 Å². The third-order valence-electron chi connectivity index (χ3n) is 4.28. The number of ether oxygens (including phenoxy) is 2. The molecule has 138 valence electrons. The zero-order valence-electron chi connectivity index (χ0n) is 14.6. The van der Waals surface area contributed by atoms with E-state index >= 15 is 0 Å². The van der Waals surface area contributed by atoms with Crippen molar-refractivity contribution in [1.29, 1.82) is 0 Å². The van der Waals surface area contributed by atoms with Crippen molar-refractivity contribution in [3.8, 4) is 5.75 Å². The van der Waals surface area contributed by atoms with Crippen LogP contribution < -0.4 is 10.1 Å². The van der Waals surface area contributed by atoms with E-state index < -0.39 is 12.1 Å². The van der Waals surface area contributed by atoms with E-state index in [1.165, 1.54) is 18.4 Å². The number of halogens is 1. The molecule has 7 heteroatoms. The number of aryl methyl sites for hydroxylation is 1. The molecule has 1 atom stereocenters. The van der Waals surface area contributed by atoms with Crippen molar-refractivity contribution in [1.82, 2.24) is 0 Å². The van der Waals surface area contributed by atoms with Gasteiger partial charge in [-0.2, -0.15) is 0 Å². The van der Waals surface area contributed by atoms with Crippen LogP contribution in [-0.4, -0.2) is 25.1 Å². The van der Waals surface area contributed by atoms with Crippen molar-refractivity contribution in [2.24, 2.45) is 0 Å². The largest absolute Gasteiger partial charge is 0.481 e. The van der Waals surface area contributed by atoms with E-state index in [9.17, 15) is 9.59 Å². The zero-order valence-corrected chi connectivity index (χ0v) is 17.0. The minimum Gasteiger partial charge on any atom is -0.481 e. The zero-order chi connectivity index (χ0) is 18.7. The Bertz CT molecular complexity index is 833. The highest BCUT2D eigenvalue weighted by Gasteiger charge is 2.28. The Morgan fingerprint density at radius 2 is 2.04 bits per heavy atom. The van der Waals surface area contributed by atoms with E-state index in [2.05, 4.69) is 21.2 Å². The van der Waals surface area contributed by atoms with E-state index in [1.807, 2.05) is 12.1 Å². The molecule has 0 fully saturated rings. The molecule has 1 aromatic carbocycles. The highest BCUT2D eigenvalue weighted by molar-refractivity contribution is 9.10. The lowest BCUT2D eigenvalue weighted by Crippen LogP contribution is -2.30. The van der Waals surface area contributed by atoms with Gasteiger partial charge in [-0.25, -0.2) is 4.79 Å². The molecule has 0 saturated heterocycles. The smallest absolute Gasteiger partial charge is 0.341 e. The van der Waals surface area contributed by atoms with Crippen molar-refractivity contribution in [2.45, 2.75) is 38.7 Å². The maximum atomic E-state index is 12.6. The van der Waals surface area contributed by atoms with Crippen molar-refractivity contribution < 1.29 is 19.1 Å². The number of carbonyl (C=O) groups excluding carboxylic acids is 2. The lowest BCUT2D eigenvalue weighted by molar-refractivity contribution is -0.122. The number of carbonyl (C=O) groups is 2. The average Bonchev–Trinajstić information content (AvgIpc) is 2.98. The van der Waals surface area contributed by atoms with Crippen LogP contribution in [0.25, 0.3) is 0 Å². The van der Waals surface area contributed by atoms with E-state index in [-0.39, 0.29) is 5.91 Å². The van der Waals surface area contributed by atoms with Gasteiger partial charge in [-0.3, -0.25) is 4.79 Å². The van der Waals surface area contributed by atoms with Crippen LogP contribution >= 0.6 is 27.3 Å². The monoisotopic (exact) mass is 437 g/mol. The average molecular weight is 438 g/mol. The molecule has 1 heterocycles. The first-order valence-electron chi connectivity index (χ1n) is 8.45. The molecule has 1 aliphatic carbocycles. The van der Waals surface area contributed by atoms with Gasteiger partial charge in [0, 0.05) is 9.35 Å². The van der Waals surface area contributed by atoms with Crippen LogP contribution in [-0.2, 0) is 22.4 Å². The Morgan fingerprint density at radius 3 is 2.77 bits per heavy atom. The second-order valence-electron chi connectivity index (χ2n) is 6.11. The molecule has 26 heavy (non-hydrogen) atoms. The molecule has 5 nitrogen and oxygen atoms in total. The molecule has 0 aliphatic heterocycles. The Kier molecular flexibility index (Phi) is 5.98. The van der Waals surface area contributed by atoms with Crippen LogP contribution in [0, 0.1) is 0 Å². The van der Waals surface area contributed by atoms with Gasteiger partial charge in [0.2, 0.25) is 0 Å². The number of benzene rings is 1. The number of anilines is 1. The van der Waals surface area contributed by atoms with Crippen LogP contribution in [0.15, 0.2) is 28.7 Å². The van der Waals surface area contributed by atoms with E-state index in [1.54, 1.807) is 19.1 Å². The summed E-state index contributed by atoms with van der Waals surface area (Å²) in [7, 11) is 1.36. The molecule has 3 rings (SSSR count). The highest BCUT2D eigenvalue weighted by atomic mass is 79.9. The van der Waals surface area contributed by atoms with Crippen molar-refractivity contribution in [2.75, 3.05) is 12.4 Å². The normalized spacial score (nSPS) is 14.3. The predicted molar refractivity (Wildman–Crippen MR) is 105 cm³/mol. The van der Waals surface area contributed by atoms with Gasteiger partial charge in [-0.1, -0.05) is 22.0 Å². The molecule has 1 unspecified atom stereocenters. The molecule has 1 N–H and O–H groups in total. The van der Waals surface area contributed by atoms with Gasteiger partial charge in [-0.15, -0.1) is 11.3 Å². The quantitative estimate of drug-likeness (QED) is 0.694. The Morgan fingerprint density at radius 1 is 1.27 bits per heavy atom. The summed E-state index contributed by atoms with van der Waals surface area (Å²) in [5, 5.41) is 3.41. The molecule has 1 aromatic heterocycles. The lowest BCUT2D eigenvalue weighted by Gasteiger charge is -2.15. The Labute approximate surface area is 164 Å². The van der Waals surface area contributed by atoms with Crippen LogP contribution in [0.5, 0.6) is 5.75 Å². The number of nitrogens with one attached hydrogen (secondary N) is 1. The first kappa shape index (κ1) is 18.9. The van der Waals surface area contributed by atoms with Gasteiger partial charge in [0.05, 0.1) is 12.7 Å². The molecule has 0 radical (unpaired) electrons. The van der Waals surface area contributed by atoms with Crippen molar-refractivity contribution in [3.63, 3.8) is 0 Å². The summed E-state index contributed by atoms with van der Waals surface area (Å²) < 4.78 is 11.5. The van der Waals surface area contributed by atoms with Crippen LogP contribution in [0.2, 0.25) is 0 Å². The van der Waals surface area contributed by atoms with E-state index in [4.69, 9.17) is 9.47 Å². The first-order chi connectivity index (χ1) is 12.5. The van der Waals surface area contributed by atoms with Crippen molar-refractivity contribution in [3.05, 3.63) is 44.7 Å². The third-order valence-corrected chi connectivity index (χ3v) is 5.98. The Balaban J connectivity index is 1.78. The number of fused-ring (bicyclic) bond motifs is 1. The minimum absolute atomic E-state index is 0.297. The molecule has 2 aromatic rings. The number of hydrogen-bond donors (Lipinski definition) is 1. The summed E-state index contributed by atoms with van der Waals surface area (Å²) in [5.41, 5.74) is 1.51. The number of esters is 1. The van der Waals surface area contributed by atoms with Gasteiger partial charge in [0.25, 0.3) is 5.91 Å². The molecule has 0 bridgehead atoms. The molecule has 0 spiro atoms. The number of thiophene rings is 1. The fourth-order valence-electron chi connectivity index (χ4n) is 2.98. The summed E-state index contributed by atoms with van der Waals surface area (Å²) in [6.07, 6.45) is 3.22. The molecule has 0 saturated carbocycles. The predicted octanol–water partition coefficient (Wildman–Crippen LogP) is 4.58. The molecular formula is C19H20BrNO4S. The molecule has 1 amide bonds. The summed E-state index contributed by atoms with van der Waals surface area (Å²) in [5.74, 6) is -0.102. The van der Waals surface area contributed by atoms with Gasteiger partial charge < -0.3 is 14.8 Å². The SMILES string of the molecule is COC(=O)c1c(NC(=O)C(C)Oc2cccc(Br)c2)sc2c1CCCC2. The second kappa shape index (κ2) is 8.22. The number of rotatable bonds is 5. The standard InChI is InChI=1S/C19H20BrNO4S/c1-11(25-13-7-5-6-12(20)10-13)17(22)21-18-16(19(23)24-2)14-8-3-4-9-15(14)26-18/h5-7,10-11H,3-4,8-9H2,1-2H3,(H,21,22). The van der Waals surface area contributed by atoms with Gasteiger partial charge in [-0.05, 0) is 56.4 Å². The number of hydrogen-bond acceptors (Lipinski definition) is 5. The summed E-state index contributed by atoms with van der Waals surface area (Å²) >= 11 is 4.84. The first-order valence-corrected chi connectivity index (χ1v) is 10.1. The molecular weight excluding hydrogens is 418 g/mol. The maximum Gasteiger partial charge on any atom is 0.341 e. The molecule has 1 aliphatic rings. The second-order valence-corrected chi connectivity index (χ2v) is 8.13. The topological polar surface area (TPSA) is 64.6 Å². The van der Waals surface area contributed by atoms with Crippen LogP contribution in [0.4, 0.5) is 5.00 Å². The lowest BCUT2D eigenvalue weighted by atomic mass is 9.95. The Hall–Kier alpha value is -1.86. The van der Waals surface area contributed by atoms with E-state index in [0.717, 1.165) is 40.6 Å². The fraction of sp³-hybridized carbons (Fsp3) is 0.368. The van der Waals surface area contributed by atoms with Crippen LogP contribution in [0.3, 0.4) is 0 Å². The van der Waals surface area contributed by atoms with E-state index in [0.29, 0.717) is 16.3 Å². The van der Waals surface area contributed by atoms with Crippen molar-refractivity contribution >= 4 is 44.1 Å². The minimum atomic E-state index is -0.700. The number of methoxy groups -OCH3 is 1. The third kappa shape index (κ3) is 4.10. The summed E-state index contributed by atoms with van der Waals surface area (Å²) in [6, 6.07) is 7.31. The maximum absolute atomic E-state index is 12.6. The van der Waals surface area contributed by atoms with Gasteiger partial charge in [0.15, 0.2) is 6.10 Å². The number of amides is 1. The summed E-state index contributed by atoms with van der Waals surface area (Å²) in [4.78, 5) is 26.0.